The Morgan fingerprint density at radius 2 is 1.78 bits per heavy atom. The summed E-state index contributed by atoms with van der Waals surface area (Å²) >= 11 is 0. The van der Waals surface area contributed by atoms with Crippen molar-refractivity contribution in [1.29, 1.82) is 0 Å². The standard InChI is InChI=1S/C9H7F3O5S/c10-5-1-2-6(11)8(12)7(5)9(13)17-3-4-18(14,15)16/h1-2H,3-4H2,(H,14,15,16). The van der Waals surface area contributed by atoms with Crippen LogP contribution in [0.2, 0.25) is 0 Å². The van der Waals surface area contributed by atoms with Crippen LogP contribution in [0.15, 0.2) is 12.1 Å². The van der Waals surface area contributed by atoms with E-state index < -0.39 is 51.5 Å². The van der Waals surface area contributed by atoms with Gasteiger partial charge in [0.2, 0.25) is 0 Å². The molecule has 0 unspecified atom stereocenters. The van der Waals surface area contributed by atoms with Crippen molar-refractivity contribution in [2.45, 2.75) is 0 Å². The second-order valence-corrected chi connectivity index (χ2v) is 4.71. The number of carbonyl (C=O) groups is 1. The van der Waals surface area contributed by atoms with E-state index in [1.807, 2.05) is 0 Å². The topological polar surface area (TPSA) is 80.7 Å². The lowest BCUT2D eigenvalue weighted by molar-refractivity contribution is 0.0516. The first kappa shape index (κ1) is 14.5. The molecule has 0 heterocycles. The Hall–Kier alpha value is -1.61. The van der Waals surface area contributed by atoms with E-state index in [0.717, 1.165) is 0 Å². The van der Waals surface area contributed by atoms with Gasteiger partial charge >= 0.3 is 5.97 Å². The second-order valence-electron chi connectivity index (χ2n) is 3.14. The van der Waals surface area contributed by atoms with E-state index in [0.29, 0.717) is 12.1 Å². The molecule has 0 atom stereocenters. The number of ether oxygens (including phenoxy) is 1. The van der Waals surface area contributed by atoms with Crippen LogP contribution in [0.5, 0.6) is 0 Å². The van der Waals surface area contributed by atoms with Crippen molar-refractivity contribution in [3.8, 4) is 0 Å². The molecule has 1 rings (SSSR count). The Kier molecular flexibility index (Phi) is 4.30. The highest BCUT2D eigenvalue weighted by Crippen LogP contribution is 2.16. The Labute approximate surface area is 99.9 Å². The van der Waals surface area contributed by atoms with Crippen LogP contribution >= 0.6 is 0 Å². The van der Waals surface area contributed by atoms with Crippen LogP contribution in [0, 0.1) is 17.5 Å². The van der Waals surface area contributed by atoms with Gasteiger partial charge in [-0.15, -0.1) is 0 Å². The fourth-order valence-corrected chi connectivity index (χ4v) is 1.32. The molecule has 5 nitrogen and oxygen atoms in total. The average Bonchev–Trinajstić information content (AvgIpc) is 2.22. The van der Waals surface area contributed by atoms with Gasteiger partial charge in [-0.1, -0.05) is 0 Å². The highest BCUT2D eigenvalue weighted by Gasteiger charge is 2.22. The molecule has 0 amide bonds. The molecule has 1 aromatic carbocycles. The molecule has 1 N–H and O–H groups in total. The molecule has 0 aromatic heterocycles. The summed E-state index contributed by atoms with van der Waals surface area (Å²) in [6, 6.07) is 1.01. The molecule has 0 aliphatic rings. The van der Waals surface area contributed by atoms with Crippen LogP contribution in [0.3, 0.4) is 0 Å². The van der Waals surface area contributed by atoms with Crippen LogP contribution < -0.4 is 0 Å². The van der Waals surface area contributed by atoms with Crippen molar-refractivity contribution in [2.24, 2.45) is 0 Å². The van der Waals surface area contributed by atoms with Crippen LogP contribution in [0.4, 0.5) is 13.2 Å². The summed E-state index contributed by atoms with van der Waals surface area (Å²) in [4.78, 5) is 11.2. The third kappa shape index (κ3) is 3.70. The number of carbonyl (C=O) groups excluding carboxylic acids is 1. The SMILES string of the molecule is O=C(OCCS(=O)(=O)O)c1c(F)ccc(F)c1F. The zero-order chi connectivity index (χ0) is 13.9. The Balaban J connectivity index is 2.82. The maximum atomic E-state index is 13.1. The van der Waals surface area contributed by atoms with Crippen LogP contribution in [-0.2, 0) is 14.9 Å². The van der Waals surface area contributed by atoms with Crippen LogP contribution in [0.25, 0.3) is 0 Å². The van der Waals surface area contributed by atoms with Crippen molar-refractivity contribution >= 4 is 16.1 Å². The number of esters is 1. The molecule has 0 radical (unpaired) electrons. The molecule has 9 heteroatoms. The molecule has 1 aromatic rings. The summed E-state index contributed by atoms with van der Waals surface area (Å²) in [6.07, 6.45) is 0. The summed E-state index contributed by atoms with van der Waals surface area (Å²) < 4.78 is 72.0. The summed E-state index contributed by atoms with van der Waals surface area (Å²) in [6.45, 7) is -0.812. The predicted molar refractivity (Wildman–Crippen MR) is 53.0 cm³/mol. The molecule has 0 saturated heterocycles. The van der Waals surface area contributed by atoms with Crippen molar-refractivity contribution in [2.75, 3.05) is 12.4 Å². The fourth-order valence-electron chi connectivity index (χ4n) is 1.03. The number of rotatable bonds is 4. The van der Waals surface area contributed by atoms with E-state index in [-0.39, 0.29) is 0 Å². The Morgan fingerprint density at radius 1 is 1.22 bits per heavy atom. The van der Waals surface area contributed by atoms with E-state index in [2.05, 4.69) is 4.74 Å². The quantitative estimate of drug-likeness (QED) is 0.509. The van der Waals surface area contributed by atoms with Crippen LogP contribution in [0.1, 0.15) is 10.4 Å². The zero-order valence-corrected chi connectivity index (χ0v) is 9.51. The monoisotopic (exact) mass is 284 g/mol. The first-order valence-electron chi connectivity index (χ1n) is 4.48. The first-order chi connectivity index (χ1) is 8.22. The third-order valence-electron chi connectivity index (χ3n) is 1.82. The molecule has 0 fully saturated rings. The molecule has 0 spiro atoms. The van der Waals surface area contributed by atoms with Crippen molar-refractivity contribution < 1.29 is 35.7 Å². The van der Waals surface area contributed by atoms with E-state index in [9.17, 15) is 26.4 Å². The van der Waals surface area contributed by atoms with Gasteiger partial charge in [0.25, 0.3) is 10.1 Å². The molecular formula is C9H7F3O5S. The van der Waals surface area contributed by atoms with Gasteiger partial charge in [0.15, 0.2) is 11.6 Å². The maximum Gasteiger partial charge on any atom is 0.344 e. The van der Waals surface area contributed by atoms with Gasteiger partial charge in [-0.05, 0) is 12.1 Å². The summed E-state index contributed by atoms with van der Waals surface area (Å²) in [5.41, 5.74) is -1.26. The molecule has 0 aliphatic heterocycles. The predicted octanol–water partition coefficient (Wildman–Crippen LogP) is 1.15. The lowest BCUT2D eigenvalue weighted by Crippen LogP contribution is -2.17. The van der Waals surface area contributed by atoms with E-state index in [1.54, 1.807) is 0 Å². The Bertz CT molecular complexity index is 570. The summed E-state index contributed by atoms with van der Waals surface area (Å²) in [5, 5.41) is 0. The number of hydrogen-bond donors (Lipinski definition) is 1. The molecular weight excluding hydrogens is 277 g/mol. The number of benzene rings is 1. The second kappa shape index (κ2) is 5.36. The van der Waals surface area contributed by atoms with Gasteiger partial charge in [-0.25, -0.2) is 18.0 Å². The van der Waals surface area contributed by atoms with Gasteiger partial charge < -0.3 is 4.74 Å². The molecule has 18 heavy (non-hydrogen) atoms. The highest BCUT2D eigenvalue weighted by molar-refractivity contribution is 7.85. The average molecular weight is 284 g/mol. The number of halogens is 3. The Morgan fingerprint density at radius 3 is 2.33 bits per heavy atom. The summed E-state index contributed by atoms with van der Waals surface area (Å²) in [5.74, 6) is -7.01. The van der Waals surface area contributed by atoms with Crippen molar-refractivity contribution in [3.63, 3.8) is 0 Å². The largest absolute Gasteiger partial charge is 0.461 e. The minimum absolute atomic E-state index is 0.486. The first-order valence-corrected chi connectivity index (χ1v) is 6.09. The molecule has 100 valence electrons. The lowest BCUT2D eigenvalue weighted by atomic mass is 10.2. The van der Waals surface area contributed by atoms with Gasteiger partial charge in [-0.2, -0.15) is 8.42 Å². The van der Waals surface area contributed by atoms with Crippen molar-refractivity contribution in [1.82, 2.24) is 0 Å². The minimum Gasteiger partial charge on any atom is -0.461 e. The van der Waals surface area contributed by atoms with E-state index in [4.69, 9.17) is 4.55 Å². The molecule has 0 saturated carbocycles. The normalized spacial score (nSPS) is 11.3. The van der Waals surface area contributed by atoms with Gasteiger partial charge in [-0.3, -0.25) is 4.55 Å². The zero-order valence-electron chi connectivity index (χ0n) is 8.69. The highest BCUT2D eigenvalue weighted by atomic mass is 32.2. The van der Waals surface area contributed by atoms with Crippen LogP contribution in [-0.4, -0.2) is 31.3 Å². The van der Waals surface area contributed by atoms with E-state index >= 15 is 0 Å². The summed E-state index contributed by atoms with van der Waals surface area (Å²) in [7, 11) is -4.37. The molecule has 0 bridgehead atoms. The van der Waals surface area contributed by atoms with Gasteiger partial charge in [0.1, 0.15) is 23.7 Å². The van der Waals surface area contributed by atoms with E-state index in [1.165, 1.54) is 0 Å². The number of hydrogen-bond acceptors (Lipinski definition) is 4. The fraction of sp³-hybridized carbons (Fsp3) is 0.222. The maximum absolute atomic E-state index is 13.1. The smallest absolute Gasteiger partial charge is 0.344 e. The van der Waals surface area contributed by atoms with Gasteiger partial charge in [0.05, 0.1) is 0 Å². The van der Waals surface area contributed by atoms with Gasteiger partial charge in [0, 0.05) is 0 Å². The lowest BCUT2D eigenvalue weighted by Gasteiger charge is -2.06. The van der Waals surface area contributed by atoms with Crippen molar-refractivity contribution in [3.05, 3.63) is 35.1 Å². The minimum atomic E-state index is -4.37. The third-order valence-corrected chi connectivity index (χ3v) is 2.51. The molecule has 0 aliphatic carbocycles.